The molecule has 1 unspecified atom stereocenters. The van der Waals surface area contributed by atoms with Gasteiger partial charge in [-0.3, -0.25) is 4.79 Å². The van der Waals surface area contributed by atoms with E-state index in [4.69, 9.17) is 14.2 Å². The molecule has 0 saturated carbocycles. The highest BCUT2D eigenvalue weighted by atomic mass is 16.5. The lowest BCUT2D eigenvalue weighted by Crippen LogP contribution is -2.28. The molecule has 0 aliphatic carbocycles. The number of para-hydroxylation sites is 1. The predicted octanol–water partition coefficient (Wildman–Crippen LogP) is 3.48. The molecule has 2 aromatic carbocycles. The highest BCUT2D eigenvalue weighted by Gasteiger charge is 2.23. The fourth-order valence-electron chi connectivity index (χ4n) is 3.64. The van der Waals surface area contributed by atoms with Crippen molar-refractivity contribution in [3.05, 3.63) is 59.8 Å². The molecule has 0 saturated heterocycles. The first-order valence-corrected chi connectivity index (χ1v) is 9.60. The average molecular weight is 396 g/mol. The second kappa shape index (κ2) is 9.47. The van der Waals surface area contributed by atoms with Crippen molar-refractivity contribution in [1.82, 2.24) is 9.88 Å². The maximum atomic E-state index is 12.7. The van der Waals surface area contributed by atoms with Crippen LogP contribution in [0.1, 0.15) is 23.5 Å². The lowest BCUT2D eigenvalue weighted by atomic mass is 9.87. The molecular formula is C23H28N2O4. The van der Waals surface area contributed by atoms with Crippen LogP contribution in [0.5, 0.6) is 11.5 Å². The van der Waals surface area contributed by atoms with Crippen LogP contribution in [0, 0.1) is 0 Å². The highest BCUT2D eigenvalue weighted by Crippen LogP contribution is 2.37. The van der Waals surface area contributed by atoms with Crippen molar-refractivity contribution < 1.29 is 19.0 Å². The molecule has 0 bridgehead atoms. The molecule has 3 aromatic rings. The van der Waals surface area contributed by atoms with Gasteiger partial charge in [0, 0.05) is 56.2 Å². The van der Waals surface area contributed by atoms with Crippen LogP contribution in [0.2, 0.25) is 0 Å². The van der Waals surface area contributed by atoms with Crippen LogP contribution >= 0.6 is 0 Å². The van der Waals surface area contributed by atoms with E-state index in [1.807, 2.05) is 37.4 Å². The first-order chi connectivity index (χ1) is 14.1. The molecule has 1 aromatic heterocycles. The number of benzene rings is 2. The van der Waals surface area contributed by atoms with E-state index in [2.05, 4.69) is 28.2 Å². The van der Waals surface area contributed by atoms with E-state index < -0.39 is 0 Å². The Morgan fingerprint density at radius 1 is 1.07 bits per heavy atom. The van der Waals surface area contributed by atoms with E-state index >= 15 is 0 Å². The zero-order chi connectivity index (χ0) is 20.8. The summed E-state index contributed by atoms with van der Waals surface area (Å²) in [4.78, 5) is 12.7. The number of nitrogens with zero attached hydrogens (tertiary/aromatic N) is 1. The van der Waals surface area contributed by atoms with Gasteiger partial charge in [0.2, 0.25) is 5.91 Å². The normalized spacial score (nSPS) is 12.0. The molecule has 154 valence electrons. The molecular weight excluding hydrogens is 368 g/mol. The Morgan fingerprint density at radius 3 is 2.41 bits per heavy atom. The Kier molecular flexibility index (Phi) is 6.77. The number of fused-ring (bicyclic) bond motifs is 1. The number of aromatic nitrogens is 1. The number of ether oxygens (including phenoxy) is 3. The van der Waals surface area contributed by atoms with Crippen LogP contribution in [0.4, 0.5) is 0 Å². The second-order valence-corrected chi connectivity index (χ2v) is 6.96. The molecule has 0 spiro atoms. The van der Waals surface area contributed by atoms with Gasteiger partial charge in [-0.15, -0.1) is 0 Å². The number of rotatable bonds is 9. The first kappa shape index (κ1) is 20.7. The molecule has 1 N–H and O–H groups in total. The number of carbonyl (C=O) groups excluding carboxylic acids is 1. The Bertz CT molecular complexity index is 958. The molecule has 0 radical (unpaired) electrons. The largest absolute Gasteiger partial charge is 0.497 e. The maximum absolute atomic E-state index is 12.7. The number of nitrogens with one attached hydrogen (secondary N) is 1. The summed E-state index contributed by atoms with van der Waals surface area (Å²) in [6.45, 7) is 0.969. The van der Waals surface area contributed by atoms with E-state index in [1.165, 1.54) is 0 Å². The number of hydrogen-bond acceptors (Lipinski definition) is 4. The van der Waals surface area contributed by atoms with Crippen molar-refractivity contribution in [3.8, 4) is 11.5 Å². The Balaban J connectivity index is 2.06. The van der Waals surface area contributed by atoms with Gasteiger partial charge >= 0.3 is 0 Å². The van der Waals surface area contributed by atoms with Gasteiger partial charge in [-0.2, -0.15) is 0 Å². The van der Waals surface area contributed by atoms with Crippen molar-refractivity contribution in [1.29, 1.82) is 0 Å². The maximum Gasteiger partial charge on any atom is 0.221 e. The third kappa shape index (κ3) is 4.71. The highest BCUT2D eigenvalue weighted by molar-refractivity contribution is 5.86. The molecule has 29 heavy (non-hydrogen) atoms. The number of amides is 1. The number of carbonyl (C=O) groups is 1. The molecule has 0 aliphatic rings. The SMILES string of the molecule is COCCNC(=O)CC(c1cc(OC)cc(OC)c1)c1cn(C)c2ccccc12. The molecule has 1 atom stereocenters. The van der Waals surface area contributed by atoms with Crippen molar-refractivity contribution in [2.75, 3.05) is 34.5 Å². The quantitative estimate of drug-likeness (QED) is 0.563. The summed E-state index contributed by atoms with van der Waals surface area (Å²) < 4.78 is 18.0. The zero-order valence-electron chi connectivity index (χ0n) is 17.4. The van der Waals surface area contributed by atoms with Gasteiger partial charge in [0.1, 0.15) is 11.5 Å². The number of methoxy groups -OCH3 is 3. The first-order valence-electron chi connectivity index (χ1n) is 9.60. The molecule has 6 nitrogen and oxygen atoms in total. The van der Waals surface area contributed by atoms with E-state index in [0.717, 1.165) is 22.0 Å². The van der Waals surface area contributed by atoms with Crippen molar-refractivity contribution in [2.24, 2.45) is 7.05 Å². The Morgan fingerprint density at radius 2 is 1.76 bits per heavy atom. The Hall–Kier alpha value is -2.99. The monoisotopic (exact) mass is 396 g/mol. The fraction of sp³-hybridized carbons (Fsp3) is 0.348. The third-order valence-electron chi connectivity index (χ3n) is 5.10. The van der Waals surface area contributed by atoms with Crippen LogP contribution in [0.25, 0.3) is 10.9 Å². The Labute approximate surface area is 171 Å². The van der Waals surface area contributed by atoms with Crippen LogP contribution in [-0.4, -0.2) is 45.0 Å². The summed E-state index contributed by atoms with van der Waals surface area (Å²) in [7, 11) is 6.90. The lowest BCUT2D eigenvalue weighted by Gasteiger charge is -2.19. The number of aryl methyl sites for hydroxylation is 1. The van der Waals surface area contributed by atoms with E-state index in [0.29, 0.717) is 31.1 Å². The van der Waals surface area contributed by atoms with Gasteiger partial charge in [0.05, 0.1) is 20.8 Å². The van der Waals surface area contributed by atoms with Gasteiger partial charge in [0.15, 0.2) is 0 Å². The summed E-state index contributed by atoms with van der Waals surface area (Å²) >= 11 is 0. The predicted molar refractivity (Wildman–Crippen MR) is 114 cm³/mol. The molecule has 0 aliphatic heterocycles. The molecule has 0 fully saturated rings. The summed E-state index contributed by atoms with van der Waals surface area (Å²) in [6, 6.07) is 14.0. The van der Waals surface area contributed by atoms with Gasteiger partial charge in [-0.25, -0.2) is 0 Å². The summed E-state index contributed by atoms with van der Waals surface area (Å²) in [5, 5.41) is 4.06. The van der Waals surface area contributed by atoms with E-state index in [9.17, 15) is 4.79 Å². The van der Waals surface area contributed by atoms with Gasteiger partial charge in [-0.1, -0.05) is 18.2 Å². The topological polar surface area (TPSA) is 61.7 Å². The van der Waals surface area contributed by atoms with Gasteiger partial charge < -0.3 is 24.1 Å². The van der Waals surface area contributed by atoms with Crippen LogP contribution in [0.15, 0.2) is 48.7 Å². The molecule has 3 rings (SSSR count). The van der Waals surface area contributed by atoms with Crippen molar-refractivity contribution in [2.45, 2.75) is 12.3 Å². The summed E-state index contributed by atoms with van der Waals surface area (Å²) in [5.74, 6) is 1.23. The summed E-state index contributed by atoms with van der Waals surface area (Å²) in [5.41, 5.74) is 3.20. The van der Waals surface area contributed by atoms with E-state index in [1.54, 1.807) is 21.3 Å². The molecule has 1 amide bonds. The zero-order valence-corrected chi connectivity index (χ0v) is 17.4. The molecule has 6 heteroatoms. The minimum Gasteiger partial charge on any atom is -0.497 e. The average Bonchev–Trinajstić information content (AvgIpc) is 3.08. The van der Waals surface area contributed by atoms with Gasteiger partial charge in [0.25, 0.3) is 0 Å². The third-order valence-corrected chi connectivity index (χ3v) is 5.10. The van der Waals surface area contributed by atoms with Crippen molar-refractivity contribution >= 4 is 16.8 Å². The van der Waals surface area contributed by atoms with Crippen LogP contribution in [-0.2, 0) is 16.6 Å². The van der Waals surface area contributed by atoms with Crippen LogP contribution in [0.3, 0.4) is 0 Å². The number of hydrogen-bond donors (Lipinski definition) is 1. The standard InChI is InChI=1S/C23H28N2O4/c1-25-15-21(19-7-5-6-8-22(19)25)20(14-23(26)24-9-10-27-2)16-11-17(28-3)13-18(12-16)29-4/h5-8,11-13,15,20H,9-10,14H2,1-4H3,(H,24,26). The lowest BCUT2D eigenvalue weighted by molar-refractivity contribution is -0.121. The minimum atomic E-state index is -0.146. The van der Waals surface area contributed by atoms with E-state index in [-0.39, 0.29) is 11.8 Å². The van der Waals surface area contributed by atoms with Crippen molar-refractivity contribution in [3.63, 3.8) is 0 Å². The smallest absolute Gasteiger partial charge is 0.221 e. The van der Waals surface area contributed by atoms with Gasteiger partial charge in [-0.05, 0) is 29.3 Å². The van der Waals surface area contributed by atoms with Crippen LogP contribution < -0.4 is 14.8 Å². The fourth-order valence-corrected chi connectivity index (χ4v) is 3.64. The minimum absolute atomic E-state index is 0.0261. The summed E-state index contributed by atoms with van der Waals surface area (Å²) in [6.07, 6.45) is 2.41. The molecule has 1 heterocycles. The second-order valence-electron chi connectivity index (χ2n) is 6.96.